The molecule has 1 atom stereocenters. The number of hydrogen-bond donors (Lipinski definition) is 0. The Morgan fingerprint density at radius 3 is 2.69 bits per heavy atom. The minimum absolute atomic E-state index is 0.134. The van der Waals surface area contributed by atoms with Crippen LogP contribution in [0.3, 0.4) is 0 Å². The summed E-state index contributed by atoms with van der Waals surface area (Å²) >= 11 is 1.58. The Hall–Kier alpha value is -2.14. The molecule has 0 saturated carbocycles. The van der Waals surface area contributed by atoms with Gasteiger partial charge in [-0.05, 0) is 42.7 Å². The second-order valence-corrected chi connectivity index (χ2v) is 8.11. The third kappa shape index (κ3) is 3.68. The summed E-state index contributed by atoms with van der Waals surface area (Å²) in [6.07, 6.45) is 1.83. The highest BCUT2D eigenvalue weighted by molar-refractivity contribution is 8.00. The van der Waals surface area contributed by atoms with Crippen molar-refractivity contribution in [1.29, 1.82) is 0 Å². The average molecular weight is 369 g/mol. The summed E-state index contributed by atoms with van der Waals surface area (Å²) in [6.45, 7) is 4.84. The summed E-state index contributed by atoms with van der Waals surface area (Å²) in [6, 6.07) is 14.3. The van der Waals surface area contributed by atoms with E-state index in [2.05, 4.69) is 18.2 Å². The van der Waals surface area contributed by atoms with Crippen LogP contribution in [-0.2, 0) is 17.8 Å². The number of hydrogen-bond acceptors (Lipinski definition) is 4. The van der Waals surface area contributed by atoms with Crippen LogP contribution in [0.15, 0.2) is 47.4 Å². The van der Waals surface area contributed by atoms with E-state index in [1.54, 1.807) is 11.8 Å². The quantitative estimate of drug-likeness (QED) is 0.769. The second-order valence-electron chi connectivity index (χ2n) is 6.70. The fourth-order valence-electron chi connectivity index (χ4n) is 3.41. The van der Waals surface area contributed by atoms with Crippen LogP contribution in [0.25, 0.3) is 0 Å². The molecule has 0 spiro atoms. The molecule has 2 aliphatic rings. The first-order valence-electron chi connectivity index (χ1n) is 9.12. The van der Waals surface area contributed by atoms with E-state index in [1.807, 2.05) is 36.1 Å². The van der Waals surface area contributed by atoms with Crippen LogP contribution in [0, 0.1) is 0 Å². The van der Waals surface area contributed by atoms with Crippen molar-refractivity contribution in [2.45, 2.75) is 36.5 Å². The molecule has 0 bridgehead atoms. The number of ether oxygens (including phenoxy) is 2. The summed E-state index contributed by atoms with van der Waals surface area (Å²) in [4.78, 5) is 15.9. The van der Waals surface area contributed by atoms with Crippen molar-refractivity contribution in [3.8, 4) is 11.5 Å². The normalized spacial score (nSPS) is 17.2. The van der Waals surface area contributed by atoms with Gasteiger partial charge in [-0.25, -0.2) is 0 Å². The average Bonchev–Trinajstić information content (AvgIpc) is 2.92. The molecule has 0 radical (unpaired) electrons. The Kier molecular flexibility index (Phi) is 5.07. The zero-order valence-corrected chi connectivity index (χ0v) is 15.8. The van der Waals surface area contributed by atoms with Gasteiger partial charge in [0.1, 0.15) is 0 Å². The molecule has 5 heteroatoms. The molecule has 4 nitrogen and oxygen atoms in total. The van der Waals surface area contributed by atoms with Gasteiger partial charge in [0.25, 0.3) is 0 Å². The fraction of sp³-hybridized carbons (Fsp3) is 0.381. The lowest BCUT2D eigenvalue weighted by Crippen LogP contribution is -2.40. The lowest BCUT2D eigenvalue weighted by Gasteiger charge is -2.30. The molecular weight excluding hydrogens is 346 g/mol. The molecule has 0 saturated heterocycles. The number of benzene rings is 2. The largest absolute Gasteiger partial charge is 0.490 e. The van der Waals surface area contributed by atoms with Crippen molar-refractivity contribution in [1.82, 2.24) is 4.90 Å². The van der Waals surface area contributed by atoms with Gasteiger partial charge >= 0.3 is 0 Å². The van der Waals surface area contributed by atoms with E-state index in [0.717, 1.165) is 35.8 Å². The second kappa shape index (κ2) is 7.62. The van der Waals surface area contributed by atoms with Crippen LogP contribution in [0.4, 0.5) is 0 Å². The van der Waals surface area contributed by atoms with E-state index in [4.69, 9.17) is 9.47 Å². The highest BCUT2D eigenvalue weighted by atomic mass is 32.2. The number of nitrogens with zero attached hydrogens (tertiary/aromatic N) is 1. The predicted molar refractivity (Wildman–Crippen MR) is 103 cm³/mol. The van der Waals surface area contributed by atoms with E-state index in [9.17, 15) is 4.79 Å². The van der Waals surface area contributed by atoms with Crippen molar-refractivity contribution in [2.75, 3.05) is 19.8 Å². The van der Waals surface area contributed by atoms with Gasteiger partial charge in [-0.2, -0.15) is 0 Å². The van der Waals surface area contributed by atoms with E-state index in [0.29, 0.717) is 19.8 Å². The van der Waals surface area contributed by atoms with Crippen LogP contribution in [0.2, 0.25) is 0 Å². The predicted octanol–water partition coefficient (Wildman–Crippen LogP) is 3.91. The lowest BCUT2D eigenvalue weighted by atomic mass is 10.00. The maximum Gasteiger partial charge on any atom is 0.236 e. The zero-order chi connectivity index (χ0) is 17.9. The van der Waals surface area contributed by atoms with Crippen molar-refractivity contribution >= 4 is 17.7 Å². The van der Waals surface area contributed by atoms with Crippen molar-refractivity contribution < 1.29 is 14.3 Å². The summed E-state index contributed by atoms with van der Waals surface area (Å²) in [5, 5.41) is -0.134. The first-order chi connectivity index (χ1) is 12.7. The van der Waals surface area contributed by atoms with Crippen LogP contribution in [0.5, 0.6) is 11.5 Å². The molecule has 2 heterocycles. The maximum atomic E-state index is 12.9. The van der Waals surface area contributed by atoms with Crippen LogP contribution >= 0.6 is 11.8 Å². The van der Waals surface area contributed by atoms with Gasteiger partial charge in [0, 0.05) is 24.4 Å². The fourth-order valence-corrected chi connectivity index (χ4v) is 4.39. The highest BCUT2D eigenvalue weighted by Gasteiger charge is 2.25. The molecule has 0 aliphatic carbocycles. The topological polar surface area (TPSA) is 38.8 Å². The molecule has 0 N–H and O–H groups in total. The van der Waals surface area contributed by atoms with Crippen molar-refractivity contribution in [3.63, 3.8) is 0 Å². The van der Waals surface area contributed by atoms with Gasteiger partial charge in [-0.1, -0.05) is 24.3 Å². The van der Waals surface area contributed by atoms with Crippen LogP contribution in [-0.4, -0.2) is 35.8 Å². The number of fused-ring (bicyclic) bond motifs is 2. The Morgan fingerprint density at radius 1 is 1.08 bits per heavy atom. The third-order valence-electron chi connectivity index (χ3n) is 4.82. The minimum Gasteiger partial charge on any atom is -0.490 e. The first-order valence-corrected chi connectivity index (χ1v) is 10.0. The summed E-state index contributed by atoms with van der Waals surface area (Å²) in [7, 11) is 0. The minimum atomic E-state index is -0.134. The highest BCUT2D eigenvalue weighted by Crippen LogP contribution is 2.35. The standard InChI is InChI=1S/C21H23NO3S/c1-15(21(23)22-10-9-16-5-2-3-6-17(16)14-22)26-18-7-8-19-20(13-18)25-12-4-11-24-19/h2-3,5-8,13,15H,4,9-12,14H2,1H3. The van der Waals surface area contributed by atoms with Crippen molar-refractivity contribution in [2.24, 2.45) is 0 Å². The van der Waals surface area contributed by atoms with Gasteiger partial charge in [-0.3, -0.25) is 4.79 Å². The number of carbonyl (C=O) groups is 1. The van der Waals surface area contributed by atoms with E-state index in [1.165, 1.54) is 11.1 Å². The van der Waals surface area contributed by atoms with Gasteiger partial charge < -0.3 is 14.4 Å². The summed E-state index contributed by atoms with van der Waals surface area (Å²) in [5.74, 6) is 1.76. The van der Waals surface area contributed by atoms with Gasteiger partial charge in [-0.15, -0.1) is 11.8 Å². The number of amides is 1. The molecule has 0 fully saturated rings. The Labute approximate surface area is 158 Å². The molecule has 4 rings (SSSR count). The molecule has 2 aromatic carbocycles. The zero-order valence-electron chi connectivity index (χ0n) is 14.9. The number of carbonyl (C=O) groups excluding carboxylic acids is 1. The Morgan fingerprint density at radius 2 is 1.85 bits per heavy atom. The Bertz CT molecular complexity index is 808. The van der Waals surface area contributed by atoms with Gasteiger partial charge in [0.15, 0.2) is 11.5 Å². The molecule has 1 amide bonds. The van der Waals surface area contributed by atoms with Crippen molar-refractivity contribution in [3.05, 3.63) is 53.6 Å². The maximum absolute atomic E-state index is 12.9. The van der Waals surface area contributed by atoms with Crippen LogP contribution < -0.4 is 9.47 Å². The molecule has 26 heavy (non-hydrogen) atoms. The number of thioether (sulfide) groups is 1. The first kappa shape index (κ1) is 17.3. The third-order valence-corrected chi connectivity index (χ3v) is 5.90. The molecular formula is C21H23NO3S. The SMILES string of the molecule is CC(Sc1ccc2c(c1)OCCCO2)C(=O)N1CCc2ccccc2C1. The molecule has 2 aromatic rings. The smallest absolute Gasteiger partial charge is 0.236 e. The van der Waals surface area contributed by atoms with E-state index in [-0.39, 0.29) is 11.2 Å². The van der Waals surface area contributed by atoms with Crippen LogP contribution in [0.1, 0.15) is 24.5 Å². The van der Waals surface area contributed by atoms with E-state index < -0.39 is 0 Å². The Balaban J connectivity index is 1.43. The molecule has 136 valence electrons. The lowest BCUT2D eigenvalue weighted by molar-refractivity contribution is -0.131. The van der Waals surface area contributed by atoms with Gasteiger partial charge in [0.05, 0.1) is 18.5 Å². The summed E-state index contributed by atoms with van der Waals surface area (Å²) < 4.78 is 11.4. The monoisotopic (exact) mass is 369 g/mol. The molecule has 0 aromatic heterocycles. The molecule has 2 aliphatic heterocycles. The van der Waals surface area contributed by atoms with Gasteiger partial charge in [0.2, 0.25) is 5.91 Å². The number of rotatable bonds is 3. The molecule has 1 unspecified atom stereocenters. The summed E-state index contributed by atoms with van der Waals surface area (Å²) in [5.41, 5.74) is 2.62. The van der Waals surface area contributed by atoms with E-state index >= 15 is 0 Å².